The zero-order chi connectivity index (χ0) is 22.4. The van der Waals surface area contributed by atoms with Crippen molar-refractivity contribution >= 4 is 0 Å². The molecule has 5 aliphatic carbocycles. The molecule has 1 heteroatoms. The average molecular weight is 429 g/mol. The zero-order valence-electron chi connectivity index (χ0n) is 21.8. The smallest absolute Gasteiger partial charge is 0.0568 e. The molecule has 0 aromatic carbocycles. The minimum atomic E-state index is -0.0285. The Kier molecular flexibility index (Phi) is 5.30. The Hall–Kier alpha value is -0.0400. The van der Waals surface area contributed by atoms with Gasteiger partial charge < -0.3 is 5.11 Å². The number of aliphatic hydroxyl groups is 1. The van der Waals surface area contributed by atoms with E-state index in [-0.39, 0.29) is 6.10 Å². The molecule has 5 saturated carbocycles. The quantitative estimate of drug-likeness (QED) is 0.469. The van der Waals surface area contributed by atoms with Gasteiger partial charge in [0.25, 0.3) is 0 Å². The molecule has 1 nitrogen and oxygen atoms in total. The predicted octanol–water partition coefficient (Wildman–Crippen LogP) is 8.10. The number of fused-ring (bicyclic) bond motifs is 2. The van der Waals surface area contributed by atoms with E-state index in [9.17, 15) is 5.11 Å². The van der Waals surface area contributed by atoms with Crippen LogP contribution >= 0.6 is 0 Å². The maximum atomic E-state index is 10.6. The monoisotopic (exact) mass is 428 g/mol. The van der Waals surface area contributed by atoms with Crippen LogP contribution in [0.1, 0.15) is 119 Å². The van der Waals surface area contributed by atoms with Gasteiger partial charge in [-0.2, -0.15) is 0 Å². The molecule has 0 saturated heterocycles. The van der Waals surface area contributed by atoms with Gasteiger partial charge in [0.15, 0.2) is 0 Å². The van der Waals surface area contributed by atoms with Crippen LogP contribution in [0, 0.1) is 63.1 Å². The van der Waals surface area contributed by atoms with Gasteiger partial charge in [0, 0.05) is 0 Å². The summed E-state index contributed by atoms with van der Waals surface area (Å²) in [5.74, 6) is 5.82. The molecule has 5 aliphatic rings. The van der Waals surface area contributed by atoms with Gasteiger partial charge in [-0.15, -0.1) is 0 Å². The topological polar surface area (TPSA) is 20.2 Å². The van der Waals surface area contributed by atoms with Crippen molar-refractivity contribution in [1.82, 2.24) is 0 Å². The molecule has 11 atom stereocenters. The van der Waals surface area contributed by atoms with Crippen molar-refractivity contribution in [3.05, 3.63) is 0 Å². The SMILES string of the molecule is CC(C)[C@H](C)CC[C@@H](C)[C@H]1CC[C@@]2(C)[C@@H]3CC[C@H]4[C@H](C)[C@@H](O)CC[C@@]45C[C@@]35CC[C@]12C. The number of hydrogen-bond donors (Lipinski definition) is 1. The van der Waals surface area contributed by atoms with Crippen molar-refractivity contribution in [1.29, 1.82) is 0 Å². The maximum absolute atomic E-state index is 10.6. The number of rotatable bonds is 5. The Labute approximate surface area is 193 Å². The Morgan fingerprint density at radius 3 is 2.26 bits per heavy atom. The summed E-state index contributed by atoms with van der Waals surface area (Å²) in [6, 6.07) is 0. The van der Waals surface area contributed by atoms with Crippen LogP contribution in [-0.4, -0.2) is 11.2 Å². The summed E-state index contributed by atoms with van der Waals surface area (Å²) in [5, 5.41) is 10.6. The summed E-state index contributed by atoms with van der Waals surface area (Å²) in [5.41, 5.74) is 2.39. The van der Waals surface area contributed by atoms with E-state index in [1.54, 1.807) is 0 Å². The fourth-order valence-corrected chi connectivity index (χ4v) is 11.0. The molecule has 5 rings (SSSR count). The van der Waals surface area contributed by atoms with Crippen molar-refractivity contribution in [3.8, 4) is 0 Å². The highest BCUT2D eigenvalue weighted by Crippen LogP contribution is 2.88. The molecule has 2 spiro atoms. The predicted molar refractivity (Wildman–Crippen MR) is 131 cm³/mol. The van der Waals surface area contributed by atoms with Crippen molar-refractivity contribution in [3.63, 3.8) is 0 Å². The zero-order valence-corrected chi connectivity index (χ0v) is 21.8. The summed E-state index contributed by atoms with van der Waals surface area (Å²) in [7, 11) is 0. The van der Waals surface area contributed by atoms with Gasteiger partial charge in [-0.1, -0.05) is 61.3 Å². The van der Waals surface area contributed by atoms with E-state index in [2.05, 4.69) is 48.5 Å². The number of hydrogen-bond acceptors (Lipinski definition) is 1. The standard InChI is InChI=1S/C30H52O/c1-19(2)20(3)8-9-21(4)23-12-14-28(7)26-11-10-24-22(5)25(31)13-15-29(24)18-30(26,29)17-16-27(23,28)6/h19-26,31H,8-18H2,1-7H3/t20-,21-,22+,23-,24+,25+,26+,27-,28+,29-,30+/m1/s1. The molecule has 0 radical (unpaired) electrons. The molecule has 0 aromatic rings. The Morgan fingerprint density at radius 1 is 0.806 bits per heavy atom. The van der Waals surface area contributed by atoms with E-state index in [0.717, 1.165) is 41.9 Å². The van der Waals surface area contributed by atoms with Crippen LogP contribution in [0.15, 0.2) is 0 Å². The van der Waals surface area contributed by atoms with E-state index in [1.165, 1.54) is 64.2 Å². The van der Waals surface area contributed by atoms with Gasteiger partial charge in [0.05, 0.1) is 6.10 Å². The van der Waals surface area contributed by atoms with Crippen LogP contribution in [-0.2, 0) is 0 Å². The molecule has 0 amide bonds. The maximum Gasteiger partial charge on any atom is 0.0568 e. The fourth-order valence-electron chi connectivity index (χ4n) is 11.0. The first-order chi connectivity index (χ1) is 14.5. The molecule has 0 unspecified atom stereocenters. The van der Waals surface area contributed by atoms with E-state index in [1.807, 2.05) is 0 Å². The van der Waals surface area contributed by atoms with Gasteiger partial charge in [-0.25, -0.2) is 0 Å². The van der Waals surface area contributed by atoms with Gasteiger partial charge in [0.1, 0.15) is 0 Å². The Balaban J connectivity index is 1.37. The third kappa shape index (κ3) is 2.83. The summed E-state index contributed by atoms with van der Waals surface area (Å²) >= 11 is 0. The van der Waals surface area contributed by atoms with E-state index >= 15 is 0 Å². The second-order valence-electron chi connectivity index (χ2n) is 14.4. The lowest BCUT2D eigenvalue weighted by atomic mass is 9.43. The summed E-state index contributed by atoms with van der Waals surface area (Å²) in [6.45, 7) is 17.8. The lowest BCUT2D eigenvalue weighted by molar-refractivity contribution is -0.143. The van der Waals surface area contributed by atoms with Crippen molar-refractivity contribution in [2.45, 2.75) is 125 Å². The van der Waals surface area contributed by atoms with Crippen molar-refractivity contribution in [2.75, 3.05) is 0 Å². The van der Waals surface area contributed by atoms with Gasteiger partial charge >= 0.3 is 0 Å². The lowest BCUT2D eigenvalue weighted by Gasteiger charge is -2.62. The van der Waals surface area contributed by atoms with Crippen LogP contribution in [0.4, 0.5) is 0 Å². The van der Waals surface area contributed by atoms with E-state index in [4.69, 9.17) is 0 Å². The summed E-state index contributed by atoms with van der Waals surface area (Å²) in [6.07, 6.45) is 15.6. The first-order valence-corrected chi connectivity index (χ1v) is 14.2. The molecule has 0 bridgehead atoms. The highest BCUT2D eigenvalue weighted by Gasteiger charge is 2.81. The van der Waals surface area contributed by atoms with Gasteiger partial charge in [-0.05, 0) is 121 Å². The number of aliphatic hydroxyl groups excluding tert-OH is 1. The molecule has 5 fully saturated rings. The molecular weight excluding hydrogens is 376 g/mol. The van der Waals surface area contributed by atoms with Gasteiger partial charge in [0.2, 0.25) is 0 Å². The van der Waals surface area contributed by atoms with E-state index in [0.29, 0.717) is 27.6 Å². The molecule has 178 valence electrons. The van der Waals surface area contributed by atoms with Crippen molar-refractivity contribution in [2.24, 2.45) is 63.1 Å². The Morgan fingerprint density at radius 2 is 1.55 bits per heavy atom. The van der Waals surface area contributed by atoms with Crippen LogP contribution in [0.5, 0.6) is 0 Å². The second kappa shape index (κ2) is 7.23. The summed E-state index contributed by atoms with van der Waals surface area (Å²) in [4.78, 5) is 0. The molecule has 0 aromatic heterocycles. The van der Waals surface area contributed by atoms with Crippen LogP contribution in [0.25, 0.3) is 0 Å². The molecular formula is C30H52O. The minimum absolute atomic E-state index is 0.0285. The summed E-state index contributed by atoms with van der Waals surface area (Å²) < 4.78 is 0. The highest BCUT2D eigenvalue weighted by molar-refractivity contribution is 5.29. The second-order valence-corrected chi connectivity index (χ2v) is 14.4. The third-order valence-electron chi connectivity index (χ3n) is 13.6. The first-order valence-electron chi connectivity index (χ1n) is 14.2. The molecule has 1 N–H and O–H groups in total. The average Bonchev–Trinajstić information content (AvgIpc) is 3.31. The minimum Gasteiger partial charge on any atom is -0.393 e. The van der Waals surface area contributed by atoms with Gasteiger partial charge in [-0.3, -0.25) is 0 Å². The highest BCUT2D eigenvalue weighted by atomic mass is 16.3. The largest absolute Gasteiger partial charge is 0.393 e. The normalized spacial score (nSPS) is 55.1. The molecule has 0 heterocycles. The Bertz CT molecular complexity index is 699. The first kappa shape index (κ1) is 22.7. The lowest BCUT2D eigenvalue weighted by Crippen LogP contribution is -2.55. The van der Waals surface area contributed by atoms with E-state index < -0.39 is 0 Å². The fraction of sp³-hybridized carbons (Fsp3) is 1.00. The molecule has 0 aliphatic heterocycles. The van der Waals surface area contributed by atoms with Crippen LogP contribution in [0.2, 0.25) is 0 Å². The van der Waals surface area contributed by atoms with Crippen molar-refractivity contribution < 1.29 is 5.11 Å². The van der Waals surface area contributed by atoms with Crippen LogP contribution in [0.3, 0.4) is 0 Å². The third-order valence-corrected chi connectivity index (χ3v) is 13.6. The molecule has 31 heavy (non-hydrogen) atoms. The van der Waals surface area contributed by atoms with Crippen LogP contribution < -0.4 is 0 Å².